The molecule has 8 heteroatoms. The van der Waals surface area contributed by atoms with Crippen molar-refractivity contribution in [3.05, 3.63) is 0 Å². The Morgan fingerprint density at radius 1 is 1.14 bits per heavy atom. The molecule has 0 radical (unpaired) electrons. The standard InChI is InChI=1S/C13H22N2O5S/c1-2-21(19,20)15-6-3-4-10(9-15)12(16)14-7-5-11(8-14)13(17)18/h10-11H,2-9H2,1H3,(H,17,18). The van der Waals surface area contributed by atoms with E-state index in [1.807, 2.05) is 0 Å². The molecule has 2 unspecified atom stereocenters. The first-order valence-corrected chi connectivity index (χ1v) is 8.95. The van der Waals surface area contributed by atoms with E-state index in [4.69, 9.17) is 5.11 Å². The molecule has 2 heterocycles. The number of sulfonamides is 1. The fourth-order valence-corrected chi connectivity index (χ4v) is 4.18. The highest BCUT2D eigenvalue weighted by atomic mass is 32.2. The van der Waals surface area contributed by atoms with Gasteiger partial charge in [0.2, 0.25) is 15.9 Å². The zero-order valence-corrected chi connectivity index (χ0v) is 13.0. The van der Waals surface area contributed by atoms with Crippen molar-refractivity contribution < 1.29 is 23.1 Å². The van der Waals surface area contributed by atoms with E-state index in [2.05, 4.69) is 0 Å². The number of rotatable bonds is 4. The molecule has 1 N–H and O–H groups in total. The van der Waals surface area contributed by atoms with Crippen molar-refractivity contribution in [1.29, 1.82) is 0 Å². The van der Waals surface area contributed by atoms with Gasteiger partial charge >= 0.3 is 5.97 Å². The molecule has 0 aromatic heterocycles. The highest BCUT2D eigenvalue weighted by Crippen LogP contribution is 2.25. The number of carbonyl (C=O) groups excluding carboxylic acids is 1. The lowest BCUT2D eigenvalue weighted by atomic mass is 9.98. The Balaban J connectivity index is 1.99. The van der Waals surface area contributed by atoms with Gasteiger partial charge in [-0.1, -0.05) is 0 Å². The summed E-state index contributed by atoms with van der Waals surface area (Å²) >= 11 is 0. The minimum Gasteiger partial charge on any atom is -0.481 e. The lowest BCUT2D eigenvalue weighted by Crippen LogP contribution is -2.46. The first-order chi connectivity index (χ1) is 9.85. The van der Waals surface area contributed by atoms with E-state index < -0.39 is 21.9 Å². The zero-order chi connectivity index (χ0) is 15.6. The Morgan fingerprint density at radius 2 is 1.86 bits per heavy atom. The minimum absolute atomic E-state index is 0.0404. The van der Waals surface area contributed by atoms with Crippen LogP contribution in [0.4, 0.5) is 0 Å². The van der Waals surface area contributed by atoms with Crippen LogP contribution in [0.15, 0.2) is 0 Å². The van der Waals surface area contributed by atoms with Crippen LogP contribution < -0.4 is 0 Å². The number of nitrogens with zero attached hydrogens (tertiary/aromatic N) is 2. The van der Waals surface area contributed by atoms with E-state index in [1.54, 1.807) is 11.8 Å². The molecule has 0 aromatic carbocycles. The lowest BCUT2D eigenvalue weighted by Gasteiger charge is -2.33. The van der Waals surface area contributed by atoms with E-state index >= 15 is 0 Å². The van der Waals surface area contributed by atoms with Crippen LogP contribution in [0.3, 0.4) is 0 Å². The normalized spacial score (nSPS) is 27.8. The number of carboxylic acids is 1. The second kappa shape index (κ2) is 6.31. The lowest BCUT2D eigenvalue weighted by molar-refractivity contribution is -0.141. The maximum absolute atomic E-state index is 12.4. The third kappa shape index (κ3) is 3.55. The van der Waals surface area contributed by atoms with Crippen LogP contribution >= 0.6 is 0 Å². The molecule has 0 spiro atoms. The molecule has 120 valence electrons. The van der Waals surface area contributed by atoms with Crippen molar-refractivity contribution in [3.8, 4) is 0 Å². The Morgan fingerprint density at radius 3 is 2.43 bits per heavy atom. The zero-order valence-electron chi connectivity index (χ0n) is 12.2. The molecular weight excluding hydrogens is 296 g/mol. The maximum Gasteiger partial charge on any atom is 0.308 e. The predicted molar refractivity (Wildman–Crippen MR) is 76.1 cm³/mol. The third-order valence-electron chi connectivity index (χ3n) is 4.34. The van der Waals surface area contributed by atoms with Crippen molar-refractivity contribution in [2.45, 2.75) is 26.2 Å². The van der Waals surface area contributed by atoms with Gasteiger partial charge in [0.25, 0.3) is 0 Å². The van der Waals surface area contributed by atoms with Crippen LogP contribution in [-0.2, 0) is 19.6 Å². The molecule has 21 heavy (non-hydrogen) atoms. The van der Waals surface area contributed by atoms with Gasteiger partial charge in [0.15, 0.2) is 0 Å². The average Bonchev–Trinajstić information content (AvgIpc) is 2.96. The van der Waals surface area contributed by atoms with Crippen molar-refractivity contribution in [3.63, 3.8) is 0 Å². The number of likely N-dealkylation sites (tertiary alicyclic amines) is 1. The summed E-state index contributed by atoms with van der Waals surface area (Å²) in [5.74, 6) is -1.77. The van der Waals surface area contributed by atoms with Crippen LogP contribution in [-0.4, -0.2) is 66.5 Å². The molecule has 0 aliphatic carbocycles. The molecule has 2 atom stereocenters. The van der Waals surface area contributed by atoms with E-state index in [1.165, 1.54) is 4.31 Å². The fourth-order valence-electron chi connectivity index (χ4n) is 3.00. The van der Waals surface area contributed by atoms with Crippen LogP contribution in [0.2, 0.25) is 0 Å². The van der Waals surface area contributed by atoms with Gasteiger partial charge in [0, 0.05) is 26.2 Å². The number of carbonyl (C=O) groups is 2. The summed E-state index contributed by atoms with van der Waals surface area (Å²) in [6.45, 7) is 2.98. The average molecular weight is 318 g/mol. The molecular formula is C13H22N2O5S. The molecule has 2 aliphatic rings. The highest BCUT2D eigenvalue weighted by molar-refractivity contribution is 7.89. The Hall–Kier alpha value is -1.15. The minimum atomic E-state index is -3.27. The summed E-state index contributed by atoms with van der Waals surface area (Å²) in [4.78, 5) is 25.0. The molecule has 2 fully saturated rings. The number of carboxylic acid groups (broad SMARTS) is 1. The van der Waals surface area contributed by atoms with Crippen molar-refractivity contribution >= 4 is 21.9 Å². The molecule has 2 rings (SSSR count). The van der Waals surface area contributed by atoms with Crippen molar-refractivity contribution in [2.75, 3.05) is 31.9 Å². The van der Waals surface area contributed by atoms with Gasteiger partial charge in [-0.05, 0) is 26.2 Å². The highest BCUT2D eigenvalue weighted by Gasteiger charge is 2.37. The molecule has 2 saturated heterocycles. The second-order valence-electron chi connectivity index (χ2n) is 5.71. The van der Waals surface area contributed by atoms with E-state index in [0.29, 0.717) is 32.4 Å². The van der Waals surface area contributed by atoms with Gasteiger partial charge in [-0.25, -0.2) is 12.7 Å². The summed E-state index contributed by atoms with van der Waals surface area (Å²) < 4.78 is 25.2. The van der Waals surface area contributed by atoms with Gasteiger partial charge in [0.1, 0.15) is 0 Å². The van der Waals surface area contributed by atoms with Gasteiger partial charge in [-0.2, -0.15) is 0 Å². The van der Waals surface area contributed by atoms with Gasteiger partial charge in [0.05, 0.1) is 17.6 Å². The Bertz CT molecular complexity index is 519. The molecule has 0 bridgehead atoms. The number of piperidine rings is 1. The molecule has 1 amide bonds. The smallest absolute Gasteiger partial charge is 0.308 e. The summed E-state index contributed by atoms with van der Waals surface area (Å²) in [7, 11) is -3.27. The summed E-state index contributed by atoms with van der Waals surface area (Å²) in [6, 6.07) is 0. The molecule has 0 aromatic rings. The van der Waals surface area contributed by atoms with E-state index in [-0.39, 0.29) is 30.7 Å². The number of amides is 1. The van der Waals surface area contributed by atoms with E-state index in [9.17, 15) is 18.0 Å². The predicted octanol–water partition coefficient (Wildman–Crippen LogP) is -0.0188. The monoisotopic (exact) mass is 318 g/mol. The van der Waals surface area contributed by atoms with Crippen molar-refractivity contribution in [2.24, 2.45) is 11.8 Å². The van der Waals surface area contributed by atoms with Crippen molar-refractivity contribution in [1.82, 2.24) is 9.21 Å². The van der Waals surface area contributed by atoms with Crippen LogP contribution in [0.1, 0.15) is 26.2 Å². The summed E-state index contributed by atoms with van der Waals surface area (Å²) in [5, 5.41) is 8.98. The second-order valence-corrected chi connectivity index (χ2v) is 7.96. The quantitative estimate of drug-likeness (QED) is 0.786. The first kappa shape index (κ1) is 16.2. The number of hydrogen-bond acceptors (Lipinski definition) is 4. The van der Waals surface area contributed by atoms with Gasteiger partial charge < -0.3 is 10.0 Å². The van der Waals surface area contributed by atoms with Gasteiger partial charge in [-0.15, -0.1) is 0 Å². The van der Waals surface area contributed by atoms with Crippen LogP contribution in [0.25, 0.3) is 0 Å². The largest absolute Gasteiger partial charge is 0.481 e. The fraction of sp³-hybridized carbons (Fsp3) is 0.846. The topological polar surface area (TPSA) is 95.0 Å². The summed E-state index contributed by atoms with van der Waals surface area (Å²) in [6.07, 6.45) is 1.82. The molecule has 0 saturated carbocycles. The van der Waals surface area contributed by atoms with Crippen LogP contribution in [0, 0.1) is 11.8 Å². The van der Waals surface area contributed by atoms with Crippen LogP contribution in [0.5, 0.6) is 0 Å². The number of hydrogen-bond donors (Lipinski definition) is 1. The van der Waals surface area contributed by atoms with Gasteiger partial charge in [-0.3, -0.25) is 9.59 Å². The Kier molecular flexibility index (Phi) is 4.88. The summed E-state index contributed by atoms with van der Waals surface area (Å²) in [5.41, 5.74) is 0. The Labute approximate surface area is 125 Å². The number of aliphatic carboxylic acids is 1. The van der Waals surface area contributed by atoms with E-state index in [0.717, 1.165) is 0 Å². The SMILES string of the molecule is CCS(=O)(=O)N1CCCC(C(=O)N2CCC(C(=O)O)C2)C1. The maximum atomic E-state index is 12.4. The molecule has 7 nitrogen and oxygen atoms in total. The molecule has 2 aliphatic heterocycles. The first-order valence-electron chi connectivity index (χ1n) is 7.34. The third-order valence-corrected chi connectivity index (χ3v) is 6.19.